The summed E-state index contributed by atoms with van der Waals surface area (Å²) in [5, 5.41) is 0.165. The maximum Gasteiger partial charge on any atom is 0.244 e. The van der Waals surface area contributed by atoms with Crippen molar-refractivity contribution in [2.45, 2.75) is 11.4 Å². The first-order chi connectivity index (χ1) is 9.41. The fraction of sp³-hybridized carbons (Fsp3) is 0.143. The zero-order valence-electron chi connectivity index (χ0n) is 10.8. The lowest BCUT2D eigenvalue weighted by molar-refractivity contribution is 0.465. The minimum Gasteiger partial charge on any atom is -0.207 e. The predicted octanol–water partition coefficient (Wildman–Crippen LogP) is 3.30. The molecule has 0 atom stereocenters. The van der Waals surface area contributed by atoms with Crippen molar-refractivity contribution in [1.82, 2.24) is 4.31 Å². The van der Waals surface area contributed by atoms with Gasteiger partial charge >= 0.3 is 0 Å². The summed E-state index contributed by atoms with van der Waals surface area (Å²) in [7, 11) is -2.27. The predicted molar refractivity (Wildman–Crippen MR) is 76.5 cm³/mol. The Morgan fingerprint density at radius 3 is 2.50 bits per heavy atom. The van der Waals surface area contributed by atoms with E-state index in [0.717, 1.165) is 4.31 Å². The van der Waals surface area contributed by atoms with Crippen molar-refractivity contribution in [3.05, 3.63) is 64.9 Å². The molecule has 3 nitrogen and oxygen atoms in total. The molecular formula is C14H13ClFNO2S. The quantitative estimate of drug-likeness (QED) is 0.868. The van der Waals surface area contributed by atoms with E-state index in [2.05, 4.69) is 0 Å². The maximum absolute atomic E-state index is 13.1. The second kappa shape index (κ2) is 5.91. The third-order valence-corrected chi connectivity index (χ3v) is 5.12. The van der Waals surface area contributed by atoms with E-state index < -0.39 is 15.8 Å². The Morgan fingerprint density at radius 2 is 1.85 bits per heavy atom. The second-order valence-corrected chi connectivity index (χ2v) is 6.74. The molecule has 0 heterocycles. The molecule has 106 valence electrons. The van der Waals surface area contributed by atoms with Crippen molar-refractivity contribution in [2.24, 2.45) is 0 Å². The van der Waals surface area contributed by atoms with Crippen LogP contribution in [0.25, 0.3) is 0 Å². The third-order valence-electron chi connectivity index (χ3n) is 2.82. The van der Waals surface area contributed by atoms with Gasteiger partial charge in [-0.2, -0.15) is 4.31 Å². The molecule has 0 spiro atoms. The van der Waals surface area contributed by atoms with E-state index in [1.807, 2.05) is 0 Å². The van der Waals surface area contributed by atoms with Gasteiger partial charge in [0.2, 0.25) is 10.0 Å². The van der Waals surface area contributed by atoms with Gasteiger partial charge in [0.15, 0.2) is 0 Å². The number of benzene rings is 2. The van der Waals surface area contributed by atoms with Crippen molar-refractivity contribution in [3.8, 4) is 0 Å². The van der Waals surface area contributed by atoms with Crippen molar-refractivity contribution in [2.75, 3.05) is 7.05 Å². The van der Waals surface area contributed by atoms with Gasteiger partial charge in [0, 0.05) is 13.6 Å². The minimum atomic E-state index is -3.70. The molecule has 0 amide bonds. The molecule has 6 heteroatoms. The summed E-state index contributed by atoms with van der Waals surface area (Å²) in [6, 6.07) is 12.1. The molecule has 0 aromatic heterocycles. The molecule has 2 rings (SSSR count). The Bertz CT molecular complexity index is 719. The van der Waals surface area contributed by atoms with Crippen LogP contribution in [0.1, 0.15) is 5.56 Å². The lowest BCUT2D eigenvalue weighted by Gasteiger charge is -2.18. The van der Waals surface area contributed by atoms with E-state index in [0.29, 0.717) is 5.56 Å². The standard InChI is InChI=1S/C14H13ClFNO2S/c1-17(10-11-5-4-6-12(16)9-11)20(18,19)14-8-3-2-7-13(14)15/h2-9H,10H2,1H3. The summed E-state index contributed by atoms with van der Waals surface area (Å²) in [4.78, 5) is 0.0422. The highest BCUT2D eigenvalue weighted by molar-refractivity contribution is 7.89. The van der Waals surface area contributed by atoms with E-state index in [1.54, 1.807) is 24.3 Å². The van der Waals surface area contributed by atoms with Crippen LogP contribution >= 0.6 is 11.6 Å². The molecule has 0 saturated carbocycles. The molecule has 2 aromatic rings. The van der Waals surface area contributed by atoms with Crippen LogP contribution in [0, 0.1) is 5.82 Å². The largest absolute Gasteiger partial charge is 0.244 e. The number of hydrogen-bond acceptors (Lipinski definition) is 2. The maximum atomic E-state index is 13.1. The highest BCUT2D eigenvalue weighted by Crippen LogP contribution is 2.24. The molecule has 0 saturated heterocycles. The third kappa shape index (κ3) is 3.17. The molecule has 0 aliphatic rings. The Morgan fingerprint density at radius 1 is 1.15 bits per heavy atom. The van der Waals surface area contributed by atoms with Crippen LogP contribution < -0.4 is 0 Å². The molecule has 2 aromatic carbocycles. The van der Waals surface area contributed by atoms with Gasteiger partial charge in [0.25, 0.3) is 0 Å². The van der Waals surface area contributed by atoms with Crippen LogP contribution in [-0.4, -0.2) is 19.8 Å². The highest BCUT2D eigenvalue weighted by atomic mass is 35.5. The average molecular weight is 314 g/mol. The topological polar surface area (TPSA) is 37.4 Å². The summed E-state index contributed by atoms with van der Waals surface area (Å²) < 4.78 is 39.0. The number of hydrogen-bond donors (Lipinski definition) is 0. The molecule has 0 fully saturated rings. The lowest BCUT2D eigenvalue weighted by Crippen LogP contribution is -2.26. The fourth-order valence-corrected chi connectivity index (χ4v) is 3.45. The number of halogens is 2. The minimum absolute atomic E-state index is 0.0422. The van der Waals surface area contributed by atoms with Gasteiger partial charge in [0.1, 0.15) is 10.7 Å². The summed E-state index contributed by atoms with van der Waals surface area (Å²) in [5.74, 6) is -0.397. The number of nitrogens with zero attached hydrogens (tertiary/aromatic N) is 1. The second-order valence-electron chi connectivity index (χ2n) is 4.32. The average Bonchev–Trinajstić information content (AvgIpc) is 2.39. The molecule has 0 radical (unpaired) electrons. The van der Waals surface area contributed by atoms with Crippen LogP contribution in [0.5, 0.6) is 0 Å². The molecule has 0 aliphatic heterocycles. The Balaban J connectivity index is 2.29. The number of rotatable bonds is 4. The van der Waals surface area contributed by atoms with Crippen LogP contribution in [0.15, 0.2) is 53.4 Å². The normalized spacial score (nSPS) is 11.8. The molecular weight excluding hydrogens is 301 g/mol. The summed E-state index contributed by atoms with van der Waals surface area (Å²) in [6.45, 7) is 0.0747. The van der Waals surface area contributed by atoms with E-state index in [4.69, 9.17) is 11.6 Å². The van der Waals surface area contributed by atoms with Crippen LogP contribution in [0.4, 0.5) is 4.39 Å². The van der Waals surface area contributed by atoms with E-state index in [1.165, 1.54) is 31.3 Å². The Kier molecular flexibility index (Phi) is 4.42. The SMILES string of the molecule is CN(Cc1cccc(F)c1)S(=O)(=O)c1ccccc1Cl. The first-order valence-corrected chi connectivity index (χ1v) is 7.68. The number of sulfonamides is 1. The summed E-state index contributed by atoms with van der Waals surface area (Å²) >= 11 is 5.92. The van der Waals surface area contributed by atoms with Crippen molar-refractivity contribution >= 4 is 21.6 Å². The van der Waals surface area contributed by atoms with Crippen molar-refractivity contribution in [1.29, 1.82) is 0 Å². The summed E-state index contributed by atoms with van der Waals surface area (Å²) in [6.07, 6.45) is 0. The van der Waals surface area contributed by atoms with E-state index >= 15 is 0 Å². The molecule has 0 N–H and O–H groups in total. The zero-order chi connectivity index (χ0) is 14.8. The monoisotopic (exact) mass is 313 g/mol. The van der Waals surface area contributed by atoms with Crippen molar-refractivity contribution < 1.29 is 12.8 Å². The van der Waals surface area contributed by atoms with Gasteiger partial charge in [-0.05, 0) is 29.8 Å². The van der Waals surface area contributed by atoms with E-state index in [-0.39, 0.29) is 16.5 Å². The molecule has 0 unspecified atom stereocenters. The first kappa shape index (κ1) is 15.0. The summed E-state index contributed by atoms with van der Waals surface area (Å²) in [5.41, 5.74) is 0.572. The van der Waals surface area contributed by atoms with Gasteiger partial charge in [-0.3, -0.25) is 0 Å². The Labute approximate surface area is 122 Å². The van der Waals surface area contributed by atoms with Gasteiger partial charge in [0.05, 0.1) is 5.02 Å². The van der Waals surface area contributed by atoms with Gasteiger partial charge < -0.3 is 0 Å². The Hall–Kier alpha value is -1.43. The lowest BCUT2D eigenvalue weighted by atomic mass is 10.2. The fourth-order valence-electron chi connectivity index (χ4n) is 1.80. The van der Waals surface area contributed by atoms with E-state index in [9.17, 15) is 12.8 Å². The first-order valence-electron chi connectivity index (χ1n) is 5.86. The molecule has 0 bridgehead atoms. The molecule has 0 aliphatic carbocycles. The van der Waals surface area contributed by atoms with Gasteiger partial charge in [-0.1, -0.05) is 35.9 Å². The van der Waals surface area contributed by atoms with Crippen LogP contribution in [0.2, 0.25) is 5.02 Å². The van der Waals surface area contributed by atoms with Crippen LogP contribution in [0.3, 0.4) is 0 Å². The van der Waals surface area contributed by atoms with Gasteiger partial charge in [-0.15, -0.1) is 0 Å². The van der Waals surface area contributed by atoms with Crippen molar-refractivity contribution in [3.63, 3.8) is 0 Å². The highest BCUT2D eigenvalue weighted by Gasteiger charge is 2.23. The zero-order valence-corrected chi connectivity index (χ0v) is 12.3. The van der Waals surface area contributed by atoms with Crippen LogP contribution in [-0.2, 0) is 16.6 Å². The van der Waals surface area contributed by atoms with Gasteiger partial charge in [-0.25, -0.2) is 12.8 Å². The smallest absolute Gasteiger partial charge is 0.207 e. The molecule has 20 heavy (non-hydrogen) atoms.